The second-order valence-electron chi connectivity index (χ2n) is 5.68. The Bertz CT molecular complexity index is 692. The summed E-state index contributed by atoms with van der Waals surface area (Å²) in [6, 6.07) is 0.611. The lowest BCUT2D eigenvalue weighted by Crippen LogP contribution is -2.36. The number of esters is 1. The van der Waals surface area contributed by atoms with E-state index in [4.69, 9.17) is 4.74 Å². The number of carbonyl (C=O) groups is 2. The van der Waals surface area contributed by atoms with Crippen molar-refractivity contribution >= 4 is 23.3 Å². The molecule has 11 heteroatoms. The van der Waals surface area contributed by atoms with Crippen LogP contribution in [0, 0.1) is 10.1 Å². The minimum atomic E-state index is -4.74. The van der Waals surface area contributed by atoms with Crippen molar-refractivity contribution in [1.82, 2.24) is 5.32 Å². The Labute approximate surface area is 146 Å². The first-order chi connectivity index (χ1) is 11.9. The highest BCUT2D eigenvalue weighted by Gasteiger charge is 2.33. The highest BCUT2D eigenvalue weighted by atomic mass is 19.4. The highest BCUT2D eigenvalue weighted by molar-refractivity contribution is 5.84. The van der Waals surface area contributed by atoms with Crippen LogP contribution in [-0.2, 0) is 20.5 Å². The summed E-state index contributed by atoms with van der Waals surface area (Å²) >= 11 is 0. The molecule has 0 aliphatic heterocycles. The van der Waals surface area contributed by atoms with E-state index in [0.717, 1.165) is 6.07 Å². The summed E-state index contributed by atoms with van der Waals surface area (Å²) in [6.07, 6.45) is -4.74. The molecule has 1 atom stereocenters. The van der Waals surface area contributed by atoms with Gasteiger partial charge in [0.2, 0.25) is 0 Å². The maximum Gasteiger partial charge on any atom is 0.416 e. The van der Waals surface area contributed by atoms with Crippen LogP contribution in [0.25, 0.3) is 0 Å². The van der Waals surface area contributed by atoms with Crippen LogP contribution in [0.15, 0.2) is 18.2 Å². The van der Waals surface area contributed by atoms with Crippen molar-refractivity contribution in [3.05, 3.63) is 33.9 Å². The number of rotatable bonds is 7. The van der Waals surface area contributed by atoms with Gasteiger partial charge >= 0.3 is 12.1 Å². The Kier molecular flexibility index (Phi) is 6.93. The molecule has 0 unspecified atom stereocenters. The predicted molar refractivity (Wildman–Crippen MR) is 85.4 cm³/mol. The van der Waals surface area contributed by atoms with Crippen molar-refractivity contribution < 1.29 is 32.4 Å². The maximum atomic E-state index is 12.7. The number of carbonyl (C=O) groups excluding carboxylic acids is 2. The zero-order chi connectivity index (χ0) is 20.1. The third-order valence-corrected chi connectivity index (χ3v) is 3.04. The van der Waals surface area contributed by atoms with E-state index in [1.54, 1.807) is 13.8 Å². The largest absolute Gasteiger partial charge is 0.454 e. The van der Waals surface area contributed by atoms with Crippen molar-refractivity contribution in [2.75, 3.05) is 11.9 Å². The lowest BCUT2D eigenvalue weighted by Gasteiger charge is -2.16. The van der Waals surface area contributed by atoms with Crippen molar-refractivity contribution in [2.45, 2.75) is 39.0 Å². The second-order valence-corrected chi connectivity index (χ2v) is 5.68. The van der Waals surface area contributed by atoms with Gasteiger partial charge < -0.3 is 15.4 Å². The number of nitrogens with one attached hydrogen (secondary N) is 2. The molecule has 1 aromatic carbocycles. The molecule has 1 amide bonds. The van der Waals surface area contributed by atoms with Gasteiger partial charge in [-0.3, -0.25) is 14.9 Å². The van der Waals surface area contributed by atoms with E-state index in [2.05, 4.69) is 10.6 Å². The topological polar surface area (TPSA) is 111 Å². The molecule has 1 aromatic rings. The highest BCUT2D eigenvalue weighted by Crippen LogP contribution is 2.35. The Morgan fingerprint density at radius 1 is 1.27 bits per heavy atom. The quantitative estimate of drug-likeness (QED) is 0.429. The van der Waals surface area contributed by atoms with Gasteiger partial charge in [0.15, 0.2) is 6.61 Å². The minimum Gasteiger partial charge on any atom is -0.454 e. The Morgan fingerprint density at radius 2 is 1.88 bits per heavy atom. The number of nitro benzene ring substituents is 1. The lowest BCUT2D eigenvalue weighted by atomic mass is 10.1. The third kappa shape index (κ3) is 6.22. The van der Waals surface area contributed by atoms with Crippen molar-refractivity contribution in [3.8, 4) is 0 Å². The smallest absolute Gasteiger partial charge is 0.416 e. The average Bonchev–Trinajstić information content (AvgIpc) is 2.50. The van der Waals surface area contributed by atoms with Gasteiger partial charge in [-0.2, -0.15) is 13.2 Å². The van der Waals surface area contributed by atoms with Gasteiger partial charge in [0, 0.05) is 12.1 Å². The summed E-state index contributed by atoms with van der Waals surface area (Å²) in [5.74, 6) is -1.42. The molecule has 0 radical (unpaired) electrons. The number of ether oxygens (including phenoxy) is 1. The number of halogens is 3. The Balaban J connectivity index is 2.82. The first kappa shape index (κ1) is 21.2. The van der Waals surface area contributed by atoms with E-state index in [0.29, 0.717) is 12.1 Å². The van der Waals surface area contributed by atoms with E-state index in [9.17, 15) is 32.9 Å². The molecule has 26 heavy (non-hydrogen) atoms. The summed E-state index contributed by atoms with van der Waals surface area (Å²) in [5.41, 5.74) is -2.30. The molecule has 0 spiro atoms. The first-order valence-corrected chi connectivity index (χ1v) is 7.50. The molecule has 0 saturated heterocycles. The SMILES string of the molecule is CC(C)NC(=O)COC(=O)[C@H](C)Nc1ccc(C(F)(F)F)cc1[N+](=O)[O-]. The molecule has 0 heterocycles. The number of nitrogens with zero attached hydrogens (tertiary/aromatic N) is 1. The minimum absolute atomic E-state index is 0.147. The van der Waals surface area contributed by atoms with Gasteiger partial charge in [0.25, 0.3) is 11.6 Å². The van der Waals surface area contributed by atoms with Crippen molar-refractivity contribution in [3.63, 3.8) is 0 Å². The molecule has 0 aromatic heterocycles. The number of nitro groups is 1. The number of hydrogen-bond donors (Lipinski definition) is 2. The zero-order valence-corrected chi connectivity index (χ0v) is 14.2. The predicted octanol–water partition coefficient (Wildman–Crippen LogP) is 2.48. The van der Waals surface area contributed by atoms with E-state index >= 15 is 0 Å². The Hall–Kier alpha value is -2.85. The van der Waals surface area contributed by atoms with Crippen LogP contribution in [0.1, 0.15) is 26.3 Å². The summed E-state index contributed by atoms with van der Waals surface area (Å²) < 4.78 is 42.7. The molecule has 0 fully saturated rings. The van der Waals surface area contributed by atoms with Gasteiger partial charge in [0.1, 0.15) is 11.7 Å². The Morgan fingerprint density at radius 3 is 2.38 bits per heavy atom. The molecule has 8 nitrogen and oxygen atoms in total. The number of alkyl halides is 3. The molecular formula is C15H18F3N3O5. The van der Waals surface area contributed by atoms with E-state index in [1.807, 2.05) is 0 Å². The van der Waals surface area contributed by atoms with Crippen LogP contribution in [0.4, 0.5) is 24.5 Å². The normalized spacial score (nSPS) is 12.4. The third-order valence-electron chi connectivity index (χ3n) is 3.04. The molecule has 0 aliphatic rings. The summed E-state index contributed by atoms with van der Waals surface area (Å²) in [5, 5.41) is 15.9. The first-order valence-electron chi connectivity index (χ1n) is 7.50. The van der Waals surface area contributed by atoms with E-state index < -0.39 is 46.9 Å². The zero-order valence-electron chi connectivity index (χ0n) is 14.2. The lowest BCUT2D eigenvalue weighted by molar-refractivity contribution is -0.384. The molecule has 2 N–H and O–H groups in total. The summed E-state index contributed by atoms with van der Waals surface area (Å²) in [4.78, 5) is 33.2. The van der Waals surface area contributed by atoms with Gasteiger partial charge in [-0.15, -0.1) is 0 Å². The van der Waals surface area contributed by atoms with Crippen molar-refractivity contribution in [1.29, 1.82) is 0 Å². The fourth-order valence-corrected chi connectivity index (χ4v) is 1.90. The van der Waals surface area contributed by atoms with Crippen LogP contribution >= 0.6 is 0 Å². The fraction of sp³-hybridized carbons (Fsp3) is 0.467. The second kappa shape index (κ2) is 8.50. The van der Waals surface area contributed by atoms with Gasteiger partial charge in [0.05, 0.1) is 10.5 Å². The molecule has 0 saturated carbocycles. The van der Waals surface area contributed by atoms with Crippen LogP contribution in [0.2, 0.25) is 0 Å². The maximum absolute atomic E-state index is 12.7. The molecule has 0 aliphatic carbocycles. The average molecular weight is 377 g/mol. The molecular weight excluding hydrogens is 359 g/mol. The monoisotopic (exact) mass is 377 g/mol. The number of amides is 1. The van der Waals surface area contributed by atoms with Crippen LogP contribution in [0.3, 0.4) is 0 Å². The van der Waals surface area contributed by atoms with Crippen LogP contribution in [-0.4, -0.2) is 35.5 Å². The van der Waals surface area contributed by atoms with Gasteiger partial charge in [-0.1, -0.05) is 0 Å². The molecule has 1 rings (SSSR count). The van der Waals surface area contributed by atoms with Gasteiger partial charge in [-0.05, 0) is 32.9 Å². The standard InChI is InChI=1S/C15H18F3N3O5/c1-8(2)19-13(22)7-26-14(23)9(3)20-11-5-4-10(15(16,17)18)6-12(11)21(24)25/h4-6,8-9,20H,7H2,1-3H3,(H,19,22)/t9-/m0/s1. The van der Waals surface area contributed by atoms with Gasteiger partial charge in [-0.25, -0.2) is 4.79 Å². The number of hydrogen-bond acceptors (Lipinski definition) is 6. The van der Waals surface area contributed by atoms with E-state index in [-0.39, 0.29) is 11.7 Å². The van der Waals surface area contributed by atoms with E-state index in [1.165, 1.54) is 6.92 Å². The van der Waals surface area contributed by atoms with Crippen molar-refractivity contribution in [2.24, 2.45) is 0 Å². The number of anilines is 1. The number of benzene rings is 1. The van der Waals surface area contributed by atoms with Crippen LogP contribution < -0.4 is 10.6 Å². The molecule has 144 valence electrons. The summed E-state index contributed by atoms with van der Waals surface area (Å²) in [7, 11) is 0. The molecule has 0 bridgehead atoms. The fourth-order valence-electron chi connectivity index (χ4n) is 1.90. The summed E-state index contributed by atoms with van der Waals surface area (Å²) in [6.45, 7) is 4.18. The van der Waals surface area contributed by atoms with Crippen LogP contribution in [0.5, 0.6) is 0 Å².